The van der Waals surface area contributed by atoms with Crippen molar-refractivity contribution in [3.63, 3.8) is 0 Å². The van der Waals surface area contributed by atoms with Crippen molar-refractivity contribution >= 4 is 7.60 Å². The predicted molar refractivity (Wildman–Crippen MR) is 75.9 cm³/mol. The Balaban J connectivity index is 1.85. The monoisotopic (exact) mass is 348 g/mol. The topological polar surface area (TPSA) is 140 Å². The molecule has 0 radical (unpaired) electrons. The van der Waals surface area contributed by atoms with Crippen LogP contribution in [0.3, 0.4) is 0 Å². The van der Waals surface area contributed by atoms with Crippen LogP contribution in [-0.4, -0.2) is 43.7 Å². The summed E-state index contributed by atoms with van der Waals surface area (Å²) in [4.78, 5) is 44.2. The molecule has 0 amide bonds. The second-order valence-electron chi connectivity index (χ2n) is 5.75. The lowest BCUT2D eigenvalue weighted by Crippen LogP contribution is -2.48. The van der Waals surface area contributed by atoms with Crippen LogP contribution in [0.1, 0.15) is 25.1 Å². The Bertz CT molecular complexity index is 782. The van der Waals surface area contributed by atoms with Gasteiger partial charge in [-0.05, 0) is 6.92 Å². The molecule has 0 aromatic carbocycles. The maximum Gasteiger partial charge on any atom is 0.384 e. The number of rotatable bonds is 2. The standard InChI is InChI=1S/C12H17N2O8P/c1-6-4-14(11(16)13-10(6)15)9-3-7-8(21-9)5-20-12(2,22-7)23(17,18)19/h4,7-9H,3,5H2,1-2H3,(H,13,15,16)(H2,17,18,19)/t7-,8+,9+,12-/m0/s1. The summed E-state index contributed by atoms with van der Waals surface area (Å²) in [7, 11) is -4.63. The molecule has 0 unspecified atom stereocenters. The van der Waals surface area contributed by atoms with Crippen molar-refractivity contribution < 1.29 is 28.6 Å². The van der Waals surface area contributed by atoms with Gasteiger partial charge in [0.1, 0.15) is 12.3 Å². The predicted octanol–water partition coefficient (Wildman–Crippen LogP) is -0.601. The number of nitrogens with zero attached hydrogens (tertiary/aromatic N) is 1. The van der Waals surface area contributed by atoms with E-state index in [4.69, 9.17) is 14.2 Å². The molecule has 2 aliphatic rings. The van der Waals surface area contributed by atoms with E-state index >= 15 is 0 Å². The van der Waals surface area contributed by atoms with Gasteiger partial charge in [-0.15, -0.1) is 0 Å². The van der Waals surface area contributed by atoms with E-state index in [0.717, 1.165) is 0 Å². The lowest BCUT2D eigenvalue weighted by molar-refractivity contribution is -0.266. The molecular weight excluding hydrogens is 331 g/mol. The van der Waals surface area contributed by atoms with Crippen LogP contribution in [0.2, 0.25) is 0 Å². The van der Waals surface area contributed by atoms with Gasteiger partial charge in [0.25, 0.3) is 11.1 Å². The Hall–Kier alpha value is -1.29. The highest BCUT2D eigenvalue weighted by Gasteiger charge is 2.54. The van der Waals surface area contributed by atoms with Crippen LogP contribution in [0.15, 0.2) is 15.8 Å². The van der Waals surface area contributed by atoms with Gasteiger partial charge in [-0.1, -0.05) is 0 Å². The van der Waals surface area contributed by atoms with Crippen LogP contribution in [-0.2, 0) is 18.8 Å². The van der Waals surface area contributed by atoms with E-state index < -0.39 is 42.8 Å². The van der Waals surface area contributed by atoms with E-state index in [-0.39, 0.29) is 13.0 Å². The molecule has 0 spiro atoms. The molecule has 23 heavy (non-hydrogen) atoms. The highest BCUT2D eigenvalue weighted by Crippen LogP contribution is 2.55. The fraction of sp³-hybridized carbons (Fsp3) is 0.667. The van der Waals surface area contributed by atoms with Crippen molar-refractivity contribution in [1.82, 2.24) is 9.55 Å². The number of hydrogen-bond acceptors (Lipinski definition) is 6. The first-order valence-electron chi connectivity index (χ1n) is 6.96. The summed E-state index contributed by atoms with van der Waals surface area (Å²) in [5.41, 5.74) is -2.78. The largest absolute Gasteiger partial charge is 0.384 e. The van der Waals surface area contributed by atoms with Gasteiger partial charge in [-0.3, -0.25) is 18.9 Å². The van der Waals surface area contributed by atoms with Crippen LogP contribution in [0.25, 0.3) is 0 Å². The van der Waals surface area contributed by atoms with Crippen LogP contribution in [0.5, 0.6) is 0 Å². The van der Waals surface area contributed by atoms with Gasteiger partial charge >= 0.3 is 13.3 Å². The van der Waals surface area contributed by atoms with E-state index in [1.807, 2.05) is 0 Å². The van der Waals surface area contributed by atoms with Gasteiger partial charge in [0.05, 0.1) is 12.7 Å². The molecule has 11 heteroatoms. The van der Waals surface area contributed by atoms with E-state index in [9.17, 15) is 23.9 Å². The van der Waals surface area contributed by atoms with E-state index in [2.05, 4.69) is 4.98 Å². The van der Waals surface area contributed by atoms with Crippen molar-refractivity contribution in [2.24, 2.45) is 0 Å². The minimum absolute atomic E-state index is 0.0696. The van der Waals surface area contributed by atoms with E-state index in [0.29, 0.717) is 5.56 Å². The quantitative estimate of drug-likeness (QED) is 0.602. The zero-order valence-electron chi connectivity index (χ0n) is 12.5. The molecule has 1 aromatic heterocycles. The number of aromatic amines is 1. The number of fused-ring (bicyclic) bond motifs is 1. The summed E-state index contributed by atoms with van der Waals surface area (Å²) in [6, 6.07) is 0. The van der Waals surface area contributed by atoms with Crippen LogP contribution >= 0.6 is 7.60 Å². The van der Waals surface area contributed by atoms with Gasteiger partial charge in [-0.2, -0.15) is 0 Å². The minimum atomic E-state index is -4.63. The Kier molecular flexibility index (Phi) is 3.87. The van der Waals surface area contributed by atoms with Crippen molar-refractivity contribution in [3.05, 3.63) is 32.6 Å². The first kappa shape index (κ1) is 16.6. The second kappa shape index (κ2) is 5.37. The SMILES string of the molecule is Cc1cn([C@H]2C[C@@H]3O[C@@](C)(P(=O)(O)O)OC[C@H]3O2)c(=O)[nH]c1=O. The molecule has 128 valence electrons. The highest BCUT2D eigenvalue weighted by atomic mass is 31.2. The molecule has 3 heterocycles. The number of aryl methyl sites for hydroxylation is 1. The summed E-state index contributed by atoms with van der Waals surface area (Å²) < 4.78 is 28.9. The second-order valence-corrected chi connectivity index (χ2v) is 7.65. The van der Waals surface area contributed by atoms with E-state index in [1.54, 1.807) is 6.92 Å². The van der Waals surface area contributed by atoms with Crippen LogP contribution in [0.4, 0.5) is 0 Å². The number of ether oxygens (including phenoxy) is 3. The number of hydrogen-bond donors (Lipinski definition) is 3. The van der Waals surface area contributed by atoms with Crippen molar-refractivity contribution in [2.75, 3.05) is 6.61 Å². The molecule has 0 bridgehead atoms. The molecule has 3 rings (SSSR count). The summed E-state index contributed by atoms with van der Waals surface area (Å²) >= 11 is 0. The molecule has 2 fully saturated rings. The Morgan fingerprint density at radius 1 is 1.39 bits per heavy atom. The molecule has 10 nitrogen and oxygen atoms in total. The van der Waals surface area contributed by atoms with Gasteiger partial charge in [0, 0.05) is 25.1 Å². The van der Waals surface area contributed by atoms with E-state index in [1.165, 1.54) is 17.7 Å². The lowest BCUT2D eigenvalue weighted by Gasteiger charge is -2.39. The highest BCUT2D eigenvalue weighted by molar-refractivity contribution is 7.53. The van der Waals surface area contributed by atoms with Crippen molar-refractivity contribution in [1.29, 1.82) is 0 Å². The van der Waals surface area contributed by atoms with Crippen LogP contribution < -0.4 is 11.2 Å². The molecule has 0 saturated carbocycles. The Morgan fingerprint density at radius 3 is 2.74 bits per heavy atom. The molecule has 1 aromatic rings. The number of nitrogens with one attached hydrogen (secondary N) is 1. The third-order valence-electron chi connectivity index (χ3n) is 4.05. The number of aromatic nitrogens is 2. The first-order valence-corrected chi connectivity index (χ1v) is 8.57. The van der Waals surface area contributed by atoms with Crippen molar-refractivity contribution in [2.45, 2.75) is 44.2 Å². The molecule has 3 N–H and O–H groups in total. The first-order chi connectivity index (χ1) is 10.6. The van der Waals surface area contributed by atoms with Gasteiger partial charge < -0.3 is 24.0 Å². The third-order valence-corrected chi connectivity index (χ3v) is 5.34. The Labute approximate surface area is 130 Å². The lowest BCUT2D eigenvalue weighted by atomic mass is 10.1. The average Bonchev–Trinajstić information content (AvgIpc) is 2.84. The fourth-order valence-corrected chi connectivity index (χ4v) is 3.17. The molecule has 0 aliphatic carbocycles. The third kappa shape index (κ3) is 2.82. The normalized spacial score (nSPS) is 34.3. The molecular formula is C12H17N2O8P. The van der Waals surface area contributed by atoms with Crippen LogP contribution in [0, 0.1) is 6.92 Å². The summed E-state index contributed by atoms with van der Waals surface area (Å²) in [6.07, 6.45) is -0.318. The molecule has 2 saturated heterocycles. The minimum Gasteiger partial charge on any atom is -0.349 e. The van der Waals surface area contributed by atoms with Gasteiger partial charge in [-0.25, -0.2) is 4.79 Å². The van der Waals surface area contributed by atoms with Gasteiger partial charge in [0.2, 0.25) is 0 Å². The summed E-state index contributed by atoms with van der Waals surface area (Å²) in [5.74, 6) is 0. The van der Waals surface area contributed by atoms with Crippen molar-refractivity contribution in [3.8, 4) is 0 Å². The Morgan fingerprint density at radius 2 is 2.09 bits per heavy atom. The summed E-state index contributed by atoms with van der Waals surface area (Å²) in [6.45, 7) is 2.66. The zero-order chi connectivity index (χ0) is 17.0. The number of H-pyrrole nitrogens is 1. The fourth-order valence-electron chi connectivity index (χ4n) is 2.65. The van der Waals surface area contributed by atoms with Gasteiger partial charge in [0.15, 0.2) is 0 Å². The molecule has 4 atom stereocenters. The summed E-state index contributed by atoms with van der Waals surface area (Å²) in [5, 5.41) is 0. The average molecular weight is 348 g/mol. The molecule has 2 aliphatic heterocycles. The zero-order valence-corrected chi connectivity index (χ0v) is 13.4. The maximum atomic E-state index is 11.9. The maximum absolute atomic E-state index is 11.9. The smallest absolute Gasteiger partial charge is 0.349 e.